The third-order valence-corrected chi connectivity index (χ3v) is 5.93. The number of piperidine rings is 1. The van der Waals surface area contributed by atoms with E-state index >= 15 is 0 Å². The maximum absolute atomic E-state index is 12.6. The summed E-state index contributed by atoms with van der Waals surface area (Å²) in [4.78, 5) is 29.4. The number of benzene rings is 1. The van der Waals surface area contributed by atoms with E-state index in [1.807, 2.05) is 4.90 Å². The Morgan fingerprint density at radius 3 is 2.40 bits per heavy atom. The molecule has 0 aromatic heterocycles. The third kappa shape index (κ3) is 5.36. The fraction of sp³-hybridized carbons (Fsp3) is 0.636. The largest absolute Gasteiger partial charge is 0.493 e. The van der Waals surface area contributed by atoms with E-state index in [0.29, 0.717) is 41.8 Å². The Bertz CT molecular complexity index is 729. The van der Waals surface area contributed by atoms with Crippen molar-refractivity contribution in [1.82, 2.24) is 9.80 Å². The van der Waals surface area contributed by atoms with Crippen LogP contribution in [0.1, 0.15) is 38.5 Å². The number of nitrogens with one attached hydrogen (secondary N) is 1. The van der Waals surface area contributed by atoms with E-state index in [1.165, 1.54) is 40.6 Å². The third-order valence-electron chi connectivity index (χ3n) is 5.93. The zero-order valence-electron chi connectivity index (χ0n) is 18.2. The molecule has 30 heavy (non-hydrogen) atoms. The monoisotopic (exact) mass is 419 g/mol. The molecule has 2 fully saturated rings. The van der Waals surface area contributed by atoms with Gasteiger partial charge in [0.15, 0.2) is 11.5 Å². The van der Waals surface area contributed by atoms with Crippen LogP contribution in [-0.4, -0.2) is 75.2 Å². The van der Waals surface area contributed by atoms with Crippen LogP contribution in [0.15, 0.2) is 12.1 Å². The van der Waals surface area contributed by atoms with E-state index in [1.54, 1.807) is 12.1 Å². The van der Waals surface area contributed by atoms with Crippen LogP contribution in [0.2, 0.25) is 0 Å². The first-order valence-electron chi connectivity index (χ1n) is 10.7. The van der Waals surface area contributed by atoms with Gasteiger partial charge in [0, 0.05) is 56.3 Å². The van der Waals surface area contributed by atoms with Gasteiger partial charge in [-0.2, -0.15) is 0 Å². The number of hydrogen-bond acceptors (Lipinski definition) is 6. The second-order valence-electron chi connectivity index (χ2n) is 7.84. The molecule has 0 spiro atoms. The number of nitrogens with zero attached hydrogens (tertiary/aromatic N) is 2. The summed E-state index contributed by atoms with van der Waals surface area (Å²) < 4.78 is 15.9. The lowest BCUT2D eigenvalue weighted by molar-refractivity contribution is -0.134. The molecular weight excluding hydrogens is 386 g/mol. The van der Waals surface area contributed by atoms with Crippen LogP contribution in [0.25, 0.3) is 0 Å². The van der Waals surface area contributed by atoms with Crippen molar-refractivity contribution in [2.75, 3.05) is 52.8 Å². The summed E-state index contributed by atoms with van der Waals surface area (Å²) in [7, 11) is 4.59. The molecule has 8 nitrogen and oxygen atoms in total. The Balaban J connectivity index is 1.46. The van der Waals surface area contributed by atoms with Gasteiger partial charge in [-0.15, -0.1) is 0 Å². The van der Waals surface area contributed by atoms with Gasteiger partial charge in [0.05, 0.1) is 21.3 Å². The van der Waals surface area contributed by atoms with Gasteiger partial charge in [-0.25, -0.2) is 0 Å². The highest BCUT2D eigenvalue weighted by molar-refractivity contribution is 5.91. The minimum atomic E-state index is -0.144. The molecule has 8 heteroatoms. The topological polar surface area (TPSA) is 80.3 Å². The molecule has 0 bridgehead atoms. The Morgan fingerprint density at radius 1 is 1.00 bits per heavy atom. The summed E-state index contributed by atoms with van der Waals surface area (Å²) in [6.07, 6.45) is 4.91. The van der Waals surface area contributed by atoms with E-state index in [2.05, 4.69) is 10.2 Å². The average molecular weight is 420 g/mol. The molecule has 1 unspecified atom stereocenters. The van der Waals surface area contributed by atoms with Gasteiger partial charge in [0.25, 0.3) is 0 Å². The smallest absolute Gasteiger partial charge is 0.224 e. The van der Waals surface area contributed by atoms with Crippen molar-refractivity contribution in [3.05, 3.63) is 12.1 Å². The molecule has 0 radical (unpaired) electrons. The standard InChI is InChI=1S/C22H33N3O5/c1-28-18-13-16(14-19(29-2)22(18)30-3)23-20(26)8-6-9-21(27)25-12-11-24-10-5-4-7-17(24)15-25/h13-14,17H,4-12,15H2,1-3H3,(H,23,26). The number of amides is 2. The summed E-state index contributed by atoms with van der Waals surface area (Å²) in [5, 5.41) is 2.85. The van der Waals surface area contributed by atoms with Crippen molar-refractivity contribution in [3.63, 3.8) is 0 Å². The highest BCUT2D eigenvalue weighted by Crippen LogP contribution is 2.39. The van der Waals surface area contributed by atoms with Gasteiger partial charge >= 0.3 is 0 Å². The van der Waals surface area contributed by atoms with E-state index in [4.69, 9.17) is 14.2 Å². The van der Waals surface area contributed by atoms with Gasteiger partial charge < -0.3 is 24.4 Å². The van der Waals surface area contributed by atoms with Crippen molar-refractivity contribution in [2.45, 2.75) is 44.6 Å². The Labute approximate surface area is 178 Å². The zero-order valence-corrected chi connectivity index (χ0v) is 18.2. The van der Waals surface area contributed by atoms with Gasteiger partial charge in [0.2, 0.25) is 17.6 Å². The molecule has 1 atom stereocenters. The Kier molecular flexibility index (Phi) is 7.79. The van der Waals surface area contributed by atoms with Crippen LogP contribution in [0, 0.1) is 0 Å². The fourth-order valence-corrected chi connectivity index (χ4v) is 4.32. The number of piperazine rings is 1. The van der Waals surface area contributed by atoms with Crippen LogP contribution < -0.4 is 19.5 Å². The number of ether oxygens (including phenoxy) is 3. The van der Waals surface area contributed by atoms with Crippen molar-refractivity contribution in [3.8, 4) is 17.2 Å². The predicted octanol–water partition coefficient (Wildman–Crippen LogP) is 2.52. The van der Waals surface area contributed by atoms with Crippen molar-refractivity contribution >= 4 is 17.5 Å². The molecule has 0 saturated carbocycles. The molecule has 1 N–H and O–H groups in total. The second kappa shape index (κ2) is 10.5. The second-order valence-corrected chi connectivity index (χ2v) is 7.84. The first-order valence-corrected chi connectivity index (χ1v) is 10.7. The Morgan fingerprint density at radius 2 is 1.73 bits per heavy atom. The maximum atomic E-state index is 12.6. The van der Waals surface area contributed by atoms with E-state index in [0.717, 1.165) is 26.2 Å². The molecule has 1 aromatic rings. The van der Waals surface area contributed by atoms with Crippen molar-refractivity contribution in [1.29, 1.82) is 0 Å². The zero-order chi connectivity index (χ0) is 21.5. The normalized spacial score (nSPS) is 19.0. The van der Waals surface area contributed by atoms with Gasteiger partial charge in [0.1, 0.15) is 0 Å². The minimum absolute atomic E-state index is 0.144. The molecule has 2 aliphatic rings. The van der Waals surface area contributed by atoms with Gasteiger partial charge in [-0.05, 0) is 25.8 Å². The van der Waals surface area contributed by atoms with E-state index in [9.17, 15) is 9.59 Å². The molecule has 2 saturated heterocycles. The molecule has 2 amide bonds. The summed E-state index contributed by atoms with van der Waals surface area (Å²) in [6.45, 7) is 3.76. The summed E-state index contributed by atoms with van der Waals surface area (Å²) >= 11 is 0. The maximum Gasteiger partial charge on any atom is 0.224 e. The van der Waals surface area contributed by atoms with Gasteiger partial charge in [-0.3, -0.25) is 14.5 Å². The summed E-state index contributed by atoms with van der Waals surface area (Å²) in [6, 6.07) is 3.89. The molecule has 166 valence electrons. The van der Waals surface area contributed by atoms with Crippen LogP contribution in [0.5, 0.6) is 17.2 Å². The number of methoxy groups -OCH3 is 3. The average Bonchev–Trinajstić information content (AvgIpc) is 2.77. The molecule has 3 rings (SSSR count). The predicted molar refractivity (Wildman–Crippen MR) is 114 cm³/mol. The van der Waals surface area contributed by atoms with Crippen molar-refractivity contribution < 1.29 is 23.8 Å². The SMILES string of the molecule is COc1cc(NC(=O)CCCC(=O)N2CCN3CCCCC3C2)cc(OC)c1OC. The first-order chi connectivity index (χ1) is 14.5. The molecule has 2 heterocycles. The van der Waals surface area contributed by atoms with Crippen LogP contribution in [-0.2, 0) is 9.59 Å². The molecule has 0 aliphatic carbocycles. The number of fused-ring (bicyclic) bond motifs is 1. The number of carbonyl (C=O) groups is 2. The molecule has 1 aromatic carbocycles. The van der Waals surface area contributed by atoms with E-state index < -0.39 is 0 Å². The lowest BCUT2D eigenvalue weighted by Gasteiger charge is -2.44. The van der Waals surface area contributed by atoms with Gasteiger partial charge in [-0.1, -0.05) is 6.42 Å². The number of carbonyl (C=O) groups excluding carboxylic acids is 2. The number of hydrogen-bond donors (Lipinski definition) is 1. The van der Waals surface area contributed by atoms with Crippen LogP contribution >= 0.6 is 0 Å². The molecule has 2 aliphatic heterocycles. The van der Waals surface area contributed by atoms with Crippen LogP contribution in [0.4, 0.5) is 5.69 Å². The lowest BCUT2D eigenvalue weighted by Crippen LogP contribution is -2.56. The Hall–Kier alpha value is -2.48. The van der Waals surface area contributed by atoms with Crippen molar-refractivity contribution in [2.24, 2.45) is 0 Å². The highest BCUT2D eigenvalue weighted by atomic mass is 16.5. The molecular formula is C22H33N3O5. The minimum Gasteiger partial charge on any atom is -0.493 e. The summed E-state index contributed by atoms with van der Waals surface area (Å²) in [5.41, 5.74) is 0.564. The fourth-order valence-electron chi connectivity index (χ4n) is 4.32. The van der Waals surface area contributed by atoms with Crippen LogP contribution in [0.3, 0.4) is 0 Å². The highest BCUT2D eigenvalue weighted by Gasteiger charge is 2.30. The lowest BCUT2D eigenvalue weighted by atomic mass is 9.99. The summed E-state index contributed by atoms with van der Waals surface area (Å²) in [5.74, 6) is 1.44. The quantitative estimate of drug-likeness (QED) is 0.698. The number of anilines is 1. The van der Waals surface area contributed by atoms with E-state index in [-0.39, 0.29) is 18.2 Å². The number of rotatable bonds is 8. The first kappa shape index (κ1) is 22.2.